The van der Waals surface area contributed by atoms with Crippen LogP contribution >= 0.6 is 0 Å². The molecular formula is C17H12FN3O2. The first-order chi connectivity index (χ1) is 11.0. The van der Waals surface area contributed by atoms with Crippen molar-refractivity contribution < 1.29 is 13.9 Å². The molecule has 0 atom stereocenters. The molecule has 6 heteroatoms. The number of nitriles is 1. The maximum absolute atomic E-state index is 12.9. The van der Waals surface area contributed by atoms with Gasteiger partial charge in [0, 0.05) is 18.3 Å². The van der Waals surface area contributed by atoms with Gasteiger partial charge in [-0.15, -0.1) is 0 Å². The lowest BCUT2D eigenvalue weighted by atomic mass is 10.2. The summed E-state index contributed by atoms with van der Waals surface area (Å²) in [5.41, 5.74) is 2.71. The minimum atomic E-state index is -0.578. The lowest BCUT2D eigenvalue weighted by Crippen LogP contribution is -2.05. The zero-order chi connectivity index (χ0) is 16.6. The summed E-state index contributed by atoms with van der Waals surface area (Å²) in [6.45, 7) is 1.85. The predicted octanol–water partition coefficient (Wildman–Crippen LogP) is 2.69. The van der Waals surface area contributed by atoms with Crippen molar-refractivity contribution in [1.29, 1.82) is 5.26 Å². The fraction of sp³-hybridized carbons (Fsp3) is 0.118. The van der Waals surface area contributed by atoms with Crippen molar-refractivity contribution in [2.24, 2.45) is 12.0 Å². The van der Waals surface area contributed by atoms with Crippen LogP contribution in [-0.4, -0.2) is 16.4 Å². The fourth-order valence-corrected chi connectivity index (χ4v) is 2.25. The Bertz CT molecular complexity index is 899. The molecule has 5 nitrogen and oxygen atoms in total. The summed E-state index contributed by atoms with van der Waals surface area (Å²) < 4.78 is 19.8. The van der Waals surface area contributed by atoms with E-state index in [0.29, 0.717) is 11.3 Å². The van der Waals surface area contributed by atoms with Gasteiger partial charge in [0.2, 0.25) is 5.90 Å². The van der Waals surface area contributed by atoms with Gasteiger partial charge in [0.1, 0.15) is 17.6 Å². The second-order valence-electron chi connectivity index (χ2n) is 5.08. The number of carbonyl (C=O) groups is 1. The Kier molecular flexibility index (Phi) is 3.54. The molecule has 0 radical (unpaired) electrons. The molecule has 23 heavy (non-hydrogen) atoms. The summed E-state index contributed by atoms with van der Waals surface area (Å²) >= 11 is 0. The monoisotopic (exact) mass is 309 g/mol. The second kappa shape index (κ2) is 5.54. The van der Waals surface area contributed by atoms with E-state index in [2.05, 4.69) is 11.1 Å². The Labute approximate surface area is 131 Å². The first kappa shape index (κ1) is 14.7. The molecular weight excluding hydrogens is 297 g/mol. The molecule has 114 valence electrons. The van der Waals surface area contributed by atoms with Crippen molar-refractivity contribution >= 4 is 17.9 Å². The molecule has 0 N–H and O–H groups in total. The lowest BCUT2D eigenvalue weighted by molar-refractivity contribution is -0.129. The highest BCUT2D eigenvalue weighted by molar-refractivity contribution is 6.12. The second-order valence-corrected chi connectivity index (χ2v) is 5.08. The van der Waals surface area contributed by atoms with E-state index >= 15 is 0 Å². The van der Waals surface area contributed by atoms with Crippen molar-refractivity contribution in [3.63, 3.8) is 0 Å². The van der Waals surface area contributed by atoms with E-state index in [-0.39, 0.29) is 17.4 Å². The Hall–Kier alpha value is -3.20. The number of esters is 1. The Balaban J connectivity index is 1.99. The first-order valence-electron chi connectivity index (χ1n) is 6.84. The number of hydrogen-bond donors (Lipinski definition) is 0. The number of halogens is 1. The molecule has 0 unspecified atom stereocenters. The topological polar surface area (TPSA) is 67.4 Å². The van der Waals surface area contributed by atoms with Gasteiger partial charge < -0.3 is 9.30 Å². The molecule has 1 aromatic heterocycles. The van der Waals surface area contributed by atoms with E-state index in [9.17, 15) is 9.18 Å². The quantitative estimate of drug-likeness (QED) is 0.632. The number of benzene rings is 1. The van der Waals surface area contributed by atoms with Crippen LogP contribution in [0.3, 0.4) is 0 Å². The van der Waals surface area contributed by atoms with Gasteiger partial charge in [0.15, 0.2) is 5.70 Å². The van der Waals surface area contributed by atoms with E-state index in [4.69, 9.17) is 10.00 Å². The van der Waals surface area contributed by atoms with Gasteiger partial charge in [0.25, 0.3) is 0 Å². The Morgan fingerprint density at radius 1 is 1.35 bits per heavy atom. The largest absolute Gasteiger partial charge is 0.402 e. The molecule has 0 amide bonds. The molecule has 0 saturated carbocycles. The van der Waals surface area contributed by atoms with Gasteiger partial charge in [-0.05, 0) is 48.9 Å². The van der Waals surface area contributed by atoms with Crippen LogP contribution in [0.5, 0.6) is 0 Å². The van der Waals surface area contributed by atoms with Gasteiger partial charge in [0.05, 0.1) is 0 Å². The molecule has 1 aliphatic heterocycles. The van der Waals surface area contributed by atoms with Crippen molar-refractivity contribution in [2.75, 3.05) is 0 Å². The minimum Gasteiger partial charge on any atom is -0.402 e. The number of ether oxygens (including phenoxy) is 1. The standard InChI is InChI=1S/C17H12FN3O2/c1-10-12(7-14(9-19)21(10)2)8-15-17(22)23-16(20-15)11-3-5-13(18)6-4-11/h3-8H,1-2H3/b15-8+. The van der Waals surface area contributed by atoms with Crippen LogP contribution in [0.25, 0.3) is 6.08 Å². The number of aromatic nitrogens is 1. The molecule has 1 aliphatic rings. The minimum absolute atomic E-state index is 0.135. The summed E-state index contributed by atoms with van der Waals surface area (Å²) in [5.74, 6) is -0.820. The van der Waals surface area contributed by atoms with Crippen molar-refractivity contribution in [3.8, 4) is 6.07 Å². The van der Waals surface area contributed by atoms with Crippen LogP contribution in [0.2, 0.25) is 0 Å². The molecule has 3 rings (SSSR count). The third-order valence-electron chi connectivity index (χ3n) is 3.69. The molecule has 0 saturated heterocycles. The Morgan fingerprint density at radius 3 is 2.65 bits per heavy atom. The number of carbonyl (C=O) groups excluding carboxylic acids is 1. The SMILES string of the molecule is Cc1c(/C=C2/N=C(c3ccc(F)cc3)OC2=O)cc(C#N)n1C. The van der Waals surface area contributed by atoms with E-state index < -0.39 is 5.97 Å². The van der Waals surface area contributed by atoms with Crippen LogP contribution in [0.15, 0.2) is 41.0 Å². The maximum atomic E-state index is 12.9. The molecule has 0 spiro atoms. The highest BCUT2D eigenvalue weighted by Crippen LogP contribution is 2.22. The molecule has 2 heterocycles. The predicted molar refractivity (Wildman–Crippen MR) is 81.9 cm³/mol. The smallest absolute Gasteiger partial charge is 0.363 e. The average molecular weight is 309 g/mol. The molecule has 0 aliphatic carbocycles. The summed E-state index contributed by atoms with van der Waals surface area (Å²) in [5, 5.41) is 9.04. The number of cyclic esters (lactones) is 1. The zero-order valence-electron chi connectivity index (χ0n) is 12.5. The van der Waals surface area contributed by atoms with Crippen molar-refractivity contribution in [1.82, 2.24) is 4.57 Å². The average Bonchev–Trinajstić information content (AvgIpc) is 3.03. The fourth-order valence-electron chi connectivity index (χ4n) is 2.25. The summed E-state index contributed by atoms with van der Waals surface area (Å²) in [6.07, 6.45) is 1.58. The van der Waals surface area contributed by atoms with E-state index in [1.54, 1.807) is 23.8 Å². The van der Waals surface area contributed by atoms with Crippen molar-refractivity contribution in [2.45, 2.75) is 6.92 Å². The summed E-state index contributed by atoms with van der Waals surface area (Å²) in [4.78, 5) is 16.1. The molecule has 2 aromatic rings. The third-order valence-corrected chi connectivity index (χ3v) is 3.69. The first-order valence-corrected chi connectivity index (χ1v) is 6.84. The van der Waals surface area contributed by atoms with E-state index in [0.717, 1.165) is 11.3 Å². The number of aliphatic imine (C=N–C) groups is 1. The van der Waals surface area contributed by atoms with Gasteiger partial charge in [-0.25, -0.2) is 14.2 Å². The number of rotatable bonds is 2. The van der Waals surface area contributed by atoms with Crippen LogP contribution in [0.1, 0.15) is 22.5 Å². The summed E-state index contributed by atoms with van der Waals surface area (Å²) in [6, 6.07) is 9.29. The summed E-state index contributed by atoms with van der Waals surface area (Å²) in [7, 11) is 1.77. The van der Waals surface area contributed by atoms with Crippen LogP contribution in [-0.2, 0) is 16.6 Å². The highest BCUT2D eigenvalue weighted by Gasteiger charge is 2.24. The van der Waals surface area contributed by atoms with E-state index in [1.165, 1.54) is 24.3 Å². The number of nitrogens with zero attached hydrogens (tertiary/aromatic N) is 3. The van der Waals surface area contributed by atoms with Gasteiger partial charge in [-0.1, -0.05) is 0 Å². The van der Waals surface area contributed by atoms with E-state index in [1.807, 2.05) is 6.92 Å². The highest BCUT2D eigenvalue weighted by atomic mass is 19.1. The molecule has 0 bridgehead atoms. The van der Waals surface area contributed by atoms with Gasteiger partial charge >= 0.3 is 5.97 Å². The van der Waals surface area contributed by atoms with Crippen LogP contribution in [0.4, 0.5) is 4.39 Å². The number of hydrogen-bond acceptors (Lipinski definition) is 4. The Morgan fingerprint density at radius 2 is 2.04 bits per heavy atom. The maximum Gasteiger partial charge on any atom is 0.363 e. The van der Waals surface area contributed by atoms with Crippen LogP contribution in [0, 0.1) is 24.1 Å². The van der Waals surface area contributed by atoms with Crippen LogP contribution < -0.4 is 0 Å². The lowest BCUT2D eigenvalue weighted by Gasteiger charge is -1.98. The zero-order valence-corrected chi connectivity index (χ0v) is 12.5. The van der Waals surface area contributed by atoms with Crippen molar-refractivity contribution in [3.05, 3.63) is 64.4 Å². The van der Waals surface area contributed by atoms with Gasteiger partial charge in [-0.3, -0.25) is 0 Å². The normalized spacial score (nSPS) is 15.5. The van der Waals surface area contributed by atoms with Gasteiger partial charge in [-0.2, -0.15) is 5.26 Å². The third kappa shape index (κ3) is 2.64. The molecule has 0 fully saturated rings. The molecule has 1 aromatic carbocycles.